The van der Waals surface area contributed by atoms with E-state index in [1.54, 1.807) is 0 Å². The first-order chi connectivity index (χ1) is 9.36. The van der Waals surface area contributed by atoms with Crippen molar-refractivity contribution in [2.45, 2.75) is 84.4 Å². The van der Waals surface area contributed by atoms with Crippen LogP contribution in [0.15, 0.2) is 0 Å². The van der Waals surface area contributed by atoms with Crippen LogP contribution in [0.4, 0.5) is 0 Å². The number of thiol groups is 1. The molecule has 1 nitrogen and oxygen atoms in total. The Morgan fingerprint density at radius 1 is 1.10 bits per heavy atom. The standard InChI is InChI=1S/C18H37NS/c1-6-12(2)15(5)16-9-10-17(18(20)11-16)13(3)7-8-14(4)19/h12-18,20H,6-11,19H2,1-5H3/t12?,13-,14?,15?,16+,17?,18?/m1/s1. The summed E-state index contributed by atoms with van der Waals surface area (Å²) in [6.45, 7) is 11.7. The first-order valence-corrected chi connectivity index (χ1v) is 9.32. The molecule has 0 aromatic rings. The summed E-state index contributed by atoms with van der Waals surface area (Å²) in [5.74, 6) is 4.19. The summed E-state index contributed by atoms with van der Waals surface area (Å²) < 4.78 is 0. The summed E-state index contributed by atoms with van der Waals surface area (Å²) in [6, 6.07) is 0.345. The first-order valence-electron chi connectivity index (χ1n) is 8.80. The third kappa shape index (κ3) is 5.26. The molecular weight excluding hydrogens is 262 g/mol. The molecule has 1 fully saturated rings. The predicted octanol–water partition coefficient (Wildman–Crippen LogP) is 5.15. The summed E-state index contributed by atoms with van der Waals surface area (Å²) in [5.41, 5.74) is 5.90. The van der Waals surface area contributed by atoms with Crippen molar-refractivity contribution in [2.24, 2.45) is 35.3 Å². The van der Waals surface area contributed by atoms with Crippen LogP contribution in [0, 0.1) is 29.6 Å². The first kappa shape index (κ1) is 18.4. The lowest BCUT2D eigenvalue weighted by Gasteiger charge is -2.40. The molecule has 0 spiro atoms. The Labute approximate surface area is 132 Å². The predicted molar refractivity (Wildman–Crippen MR) is 94.3 cm³/mol. The highest BCUT2D eigenvalue weighted by Crippen LogP contribution is 2.42. The third-order valence-electron chi connectivity index (χ3n) is 6.00. The molecule has 0 bridgehead atoms. The smallest absolute Gasteiger partial charge is 0.00503 e. The molecule has 5 unspecified atom stereocenters. The van der Waals surface area contributed by atoms with Gasteiger partial charge in [0, 0.05) is 11.3 Å². The highest BCUT2D eigenvalue weighted by molar-refractivity contribution is 7.81. The van der Waals surface area contributed by atoms with Gasteiger partial charge in [0.15, 0.2) is 0 Å². The molecule has 1 rings (SSSR count). The Morgan fingerprint density at radius 3 is 2.25 bits per heavy atom. The number of hydrogen-bond acceptors (Lipinski definition) is 2. The molecule has 2 heteroatoms. The normalized spacial score (nSPS) is 33.5. The maximum absolute atomic E-state index is 5.90. The summed E-state index contributed by atoms with van der Waals surface area (Å²) >= 11 is 4.96. The number of nitrogens with two attached hydrogens (primary N) is 1. The van der Waals surface area contributed by atoms with Crippen LogP contribution in [0.1, 0.15) is 73.1 Å². The lowest BCUT2D eigenvalue weighted by Crippen LogP contribution is -2.34. The van der Waals surface area contributed by atoms with Gasteiger partial charge in [0.2, 0.25) is 0 Å². The van der Waals surface area contributed by atoms with Gasteiger partial charge in [-0.3, -0.25) is 0 Å². The highest BCUT2D eigenvalue weighted by atomic mass is 32.1. The number of rotatable bonds is 7. The fraction of sp³-hybridized carbons (Fsp3) is 1.00. The Balaban J connectivity index is 2.46. The lowest BCUT2D eigenvalue weighted by molar-refractivity contribution is 0.148. The molecule has 7 atom stereocenters. The van der Waals surface area contributed by atoms with Crippen molar-refractivity contribution >= 4 is 12.6 Å². The zero-order valence-electron chi connectivity index (χ0n) is 14.3. The van der Waals surface area contributed by atoms with Crippen molar-refractivity contribution in [1.82, 2.24) is 0 Å². The van der Waals surface area contributed by atoms with E-state index in [2.05, 4.69) is 34.6 Å². The van der Waals surface area contributed by atoms with E-state index in [1.807, 2.05) is 0 Å². The van der Waals surface area contributed by atoms with E-state index in [4.69, 9.17) is 18.4 Å². The zero-order valence-corrected chi connectivity index (χ0v) is 15.2. The Hall–Kier alpha value is 0.310. The van der Waals surface area contributed by atoms with Crippen molar-refractivity contribution in [2.75, 3.05) is 0 Å². The second-order valence-corrected chi connectivity index (χ2v) is 8.24. The van der Waals surface area contributed by atoms with Gasteiger partial charge in [0.1, 0.15) is 0 Å². The van der Waals surface area contributed by atoms with Crippen LogP contribution in [0.2, 0.25) is 0 Å². The van der Waals surface area contributed by atoms with Crippen LogP contribution in [-0.2, 0) is 0 Å². The molecule has 0 aliphatic heterocycles. The van der Waals surface area contributed by atoms with Crippen LogP contribution in [0.3, 0.4) is 0 Å². The van der Waals surface area contributed by atoms with Gasteiger partial charge >= 0.3 is 0 Å². The van der Waals surface area contributed by atoms with Gasteiger partial charge in [0.05, 0.1) is 0 Å². The second-order valence-electron chi connectivity index (χ2n) is 7.58. The summed E-state index contributed by atoms with van der Waals surface area (Å²) in [5, 5.41) is 0.600. The van der Waals surface area contributed by atoms with E-state index < -0.39 is 0 Å². The molecule has 1 saturated carbocycles. The van der Waals surface area contributed by atoms with Crippen molar-refractivity contribution < 1.29 is 0 Å². The molecule has 2 N–H and O–H groups in total. The average molecular weight is 300 g/mol. The molecule has 0 saturated heterocycles. The maximum Gasteiger partial charge on any atom is 0.00503 e. The van der Waals surface area contributed by atoms with Gasteiger partial charge in [0.25, 0.3) is 0 Å². The summed E-state index contributed by atoms with van der Waals surface area (Å²) in [4.78, 5) is 0. The largest absolute Gasteiger partial charge is 0.328 e. The van der Waals surface area contributed by atoms with E-state index in [0.717, 1.165) is 36.0 Å². The van der Waals surface area contributed by atoms with Crippen LogP contribution in [0.5, 0.6) is 0 Å². The van der Waals surface area contributed by atoms with E-state index in [-0.39, 0.29) is 0 Å². The van der Waals surface area contributed by atoms with E-state index >= 15 is 0 Å². The second kappa shape index (κ2) is 8.68. The molecule has 0 aromatic heterocycles. The summed E-state index contributed by atoms with van der Waals surface area (Å²) in [6.07, 6.45) is 7.84. The molecule has 0 radical (unpaired) electrons. The SMILES string of the molecule is CCC(C)C(C)[C@H]1CCC([C@H](C)CCC(C)N)C(S)C1. The molecule has 0 amide bonds. The van der Waals surface area contributed by atoms with Crippen molar-refractivity contribution in [3.8, 4) is 0 Å². The fourth-order valence-corrected chi connectivity index (χ4v) is 4.63. The molecule has 1 aliphatic carbocycles. The Kier molecular flexibility index (Phi) is 7.97. The molecule has 0 aromatic carbocycles. The summed E-state index contributed by atoms with van der Waals surface area (Å²) in [7, 11) is 0. The van der Waals surface area contributed by atoms with E-state index in [1.165, 1.54) is 32.1 Å². The van der Waals surface area contributed by atoms with Gasteiger partial charge in [-0.1, -0.05) is 34.1 Å². The zero-order chi connectivity index (χ0) is 15.3. The Morgan fingerprint density at radius 2 is 1.75 bits per heavy atom. The van der Waals surface area contributed by atoms with Crippen molar-refractivity contribution in [1.29, 1.82) is 0 Å². The topological polar surface area (TPSA) is 26.0 Å². The highest BCUT2D eigenvalue weighted by Gasteiger charge is 2.34. The van der Waals surface area contributed by atoms with Crippen molar-refractivity contribution in [3.05, 3.63) is 0 Å². The molecule has 1 aliphatic rings. The van der Waals surface area contributed by atoms with Crippen LogP contribution in [0.25, 0.3) is 0 Å². The minimum absolute atomic E-state index is 0.345. The lowest BCUT2D eigenvalue weighted by atomic mass is 9.69. The fourth-order valence-electron chi connectivity index (χ4n) is 3.92. The van der Waals surface area contributed by atoms with Crippen LogP contribution in [-0.4, -0.2) is 11.3 Å². The average Bonchev–Trinajstić information content (AvgIpc) is 2.42. The maximum atomic E-state index is 5.90. The molecular formula is C18H37NS. The van der Waals surface area contributed by atoms with Crippen molar-refractivity contribution in [3.63, 3.8) is 0 Å². The minimum Gasteiger partial charge on any atom is -0.328 e. The molecule has 120 valence electrons. The van der Waals surface area contributed by atoms with E-state index in [9.17, 15) is 0 Å². The third-order valence-corrected chi connectivity index (χ3v) is 6.60. The van der Waals surface area contributed by atoms with Crippen LogP contribution < -0.4 is 5.73 Å². The Bertz CT molecular complexity index is 266. The van der Waals surface area contributed by atoms with Gasteiger partial charge in [-0.25, -0.2) is 0 Å². The van der Waals surface area contributed by atoms with Crippen LogP contribution >= 0.6 is 12.6 Å². The van der Waals surface area contributed by atoms with Gasteiger partial charge in [-0.2, -0.15) is 12.6 Å². The minimum atomic E-state index is 0.345. The molecule has 0 heterocycles. The number of hydrogen-bond donors (Lipinski definition) is 2. The van der Waals surface area contributed by atoms with Gasteiger partial charge in [-0.15, -0.1) is 0 Å². The molecule has 20 heavy (non-hydrogen) atoms. The quantitative estimate of drug-likeness (QED) is 0.625. The van der Waals surface area contributed by atoms with Gasteiger partial charge < -0.3 is 5.73 Å². The monoisotopic (exact) mass is 299 g/mol. The van der Waals surface area contributed by atoms with E-state index in [0.29, 0.717) is 11.3 Å². The van der Waals surface area contributed by atoms with Gasteiger partial charge in [-0.05, 0) is 68.6 Å².